The number of nitrogens with zero attached hydrogens (tertiary/aromatic N) is 5. The quantitative estimate of drug-likeness (QED) is 0.489. The van der Waals surface area contributed by atoms with Crippen molar-refractivity contribution in [1.82, 2.24) is 25.3 Å². The van der Waals surface area contributed by atoms with E-state index in [1.165, 1.54) is 6.26 Å². The molecule has 0 unspecified atom stereocenters. The van der Waals surface area contributed by atoms with Crippen molar-refractivity contribution in [2.45, 2.75) is 6.92 Å². The van der Waals surface area contributed by atoms with Gasteiger partial charge >= 0.3 is 0 Å². The van der Waals surface area contributed by atoms with Gasteiger partial charge in [0.05, 0.1) is 22.8 Å². The van der Waals surface area contributed by atoms with Crippen LogP contribution in [-0.2, 0) is 0 Å². The number of rotatable bonds is 4. The van der Waals surface area contributed by atoms with Crippen LogP contribution >= 0.6 is 0 Å². The molecular formula is C23H23N7O3. The number of hydrogen-bond donors (Lipinski definition) is 2. The number of nitrogens with one attached hydrogen (secondary N) is 2. The smallest absolute Gasteiger partial charge is 0.298 e. The van der Waals surface area contributed by atoms with Gasteiger partial charge in [-0.1, -0.05) is 11.6 Å². The first-order chi connectivity index (χ1) is 16.0. The number of carbonyl (C=O) groups excluding carboxylic acids is 1. The van der Waals surface area contributed by atoms with Gasteiger partial charge in [0.25, 0.3) is 17.5 Å². The number of fused-ring (bicyclic) bond motifs is 1. The molecule has 0 bridgehead atoms. The van der Waals surface area contributed by atoms with Crippen molar-refractivity contribution in [3.63, 3.8) is 0 Å². The van der Waals surface area contributed by atoms with E-state index in [-0.39, 0.29) is 11.5 Å². The standard InChI is InChI=1S/C23H23N7O3/c1-14-3-5-17-16(11-14)21(31)28-20(26-17)19-13-33-23(27-19)30-9-7-29(8-10-30)15-4-6-18(25-12-15)22(32)24-2/h3-6,11-13H,7-10H2,1-2H3,(H,24,32)(H,26,28,31). The van der Waals surface area contributed by atoms with Gasteiger partial charge in [0.2, 0.25) is 0 Å². The number of H-pyrrole nitrogens is 1. The molecular weight excluding hydrogens is 422 g/mol. The third-order valence-corrected chi connectivity index (χ3v) is 5.72. The Hall–Kier alpha value is -4.21. The molecule has 4 heterocycles. The summed E-state index contributed by atoms with van der Waals surface area (Å²) >= 11 is 0. The highest BCUT2D eigenvalue weighted by Gasteiger charge is 2.22. The number of aromatic nitrogens is 4. The third-order valence-electron chi connectivity index (χ3n) is 5.72. The first-order valence-corrected chi connectivity index (χ1v) is 10.7. The van der Waals surface area contributed by atoms with Gasteiger partial charge in [-0.2, -0.15) is 4.98 Å². The van der Waals surface area contributed by atoms with E-state index >= 15 is 0 Å². The average Bonchev–Trinajstić information content (AvgIpc) is 3.34. The van der Waals surface area contributed by atoms with E-state index in [1.807, 2.05) is 31.2 Å². The van der Waals surface area contributed by atoms with Gasteiger partial charge in [0.1, 0.15) is 17.7 Å². The van der Waals surface area contributed by atoms with Crippen LogP contribution in [-0.4, -0.2) is 59.1 Å². The Morgan fingerprint density at radius 3 is 2.61 bits per heavy atom. The summed E-state index contributed by atoms with van der Waals surface area (Å²) in [6, 6.07) is 9.69. The lowest BCUT2D eigenvalue weighted by atomic mass is 10.2. The summed E-state index contributed by atoms with van der Waals surface area (Å²) < 4.78 is 5.70. The van der Waals surface area contributed by atoms with Crippen LogP contribution in [0, 0.1) is 6.92 Å². The highest BCUT2D eigenvalue weighted by atomic mass is 16.4. The molecule has 10 heteroatoms. The molecule has 0 saturated carbocycles. The second-order valence-corrected chi connectivity index (χ2v) is 7.91. The van der Waals surface area contributed by atoms with E-state index in [4.69, 9.17) is 4.42 Å². The number of pyridine rings is 1. The molecule has 0 aliphatic carbocycles. The number of amides is 1. The first-order valence-electron chi connectivity index (χ1n) is 10.7. The van der Waals surface area contributed by atoms with Gasteiger partial charge in [-0.15, -0.1) is 0 Å². The molecule has 1 aliphatic heterocycles. The highest BCUT2D eigenvalue weighted by molar-refractivity contribution is 5.92. The Morgan fingerprint density at radius 1 is 1.09 bits per heavy atom. The second-order valence-electron chi connectivity index (χ2n) is 7.91. The molecule has 5 rings (SSSR count). The number of piperazine rings is 1. The number of carbonyl (C=O) groups is 1. The molecule has 33 heavy (non-hydrogen) atoms. The number of hydrogen-bond acceptors (Lipinski definition) is 8. The fraction of sp³-hybridized carbons (Fsp3) is 0.261. The van der Waals surface area contributed by atoms with Gasteiger partial charge in [-0.05, 0) is 31.2 Å². The van der Waals surface area contributed by atoms with Crippen LogP contribution in [0.3, 0.4) is 0 Å². The van der Waals surface area contributed by atoms with Crippen molar-refractivity contribution in [2.24, 2.45) is 0 Å². The van der Waals surface area contributed by atoms with Crippen molar-refractivity contribution in [3.05, 3.63) is 64.4 Å². The van der Waals surface area contributed by atoms with Crippen LogP contribution in [0.25, 0.3) is 22.4 Å². The zero-order valence-corrected chi connectivity index (χ0v) is 18.3. The van der Waals surface area contributed by atoms with E-state index in [0.717, 1.165) is 24.3 Å². The molecule has 4 aromatic rings. The SMILES string of the molecule is CNC(=O)c1ccc(N2CCN(c3nc(-c4nc5ccc(C)cc5c(=O)[nH]4)co3)CC2)cn1. The largest absolute Gasteiger partial charge is 0.431 e. The molecule has 1 fully saturated rings. The number of benzene rings is 1. The first kappa shape index (κ1) is 20.7. The maximum Gasteiger partial charge on any atom is 0.298 e. The molecule has 10 nitrogen and oxygen atoms in total. The number of anilines is 2. The zero-order chi connectivity index (χ0) is 22.9. The summed E-state index contributed by atoms with van der Waals surface area (Å²) in [5.74, 6) is 0.177. The van der Waals surface area contributed by atoms with Crippen molar-refractivity contribution >= 4 is 28.5 Å². The minimum absolute atomic E-state index is 0.201. The Labute approximate surface area is 189 Å². The summed E-state index contributed by atoms with van der Waals surface area (Å²) in [5.41, 5.74) is 3.26. The maximum atomic E-state index is 12.5. The molecule has 0 atom stereocenters. The Bertz CT molecular complexity index is 1370. The van der Waals surface area contributed by atoms with Gasteiger partial charge in [-0.25, -0.2) is 9.97 Å². The van der Waals surface area contributed by atoms with Crippen molar-refractivity contribution in [3.8, 4) is 11.5 Å². The topological polar surface area (TPSA) is 120 Å². The molecule has 0 spiro atoms. The molecule has 1 aromatic carbocycles. The molecule has 3 aromatic heterocycles. The number of aromatic amines is 1. The lowest BCUT2D eigenvalue weighted by Gasteiger charge is -2.35. The fourth-order valence-electron chi connectivity index (χ4n) is 3.88. The Morgan fingerprint density at radius 2 is 1.88 bits per heavy atom. The van der Waals surface area contributed by atoms with E-state index < -0.39 is 0 Å². The number of oxazole rings is 1. The van der Waals surface area contributed by atoms with Gasteiger partial charge < -0.3 is 24.5 Å². The van der Waals surface area contributed by atoms with Crippen molar-refractivity contribution < 1.29 is 9.21 Å². The van der Waals surface area contributed by atoms with Crippen LogP contribution in [0.1, 0.15) is 16.1 Å². The monoisotopic (exact) mass is 445 g/mol. The van der Waals surface area contributed by atoms with Crippen LogP contribution in [0.4, 0.5) is 11.7 Å². The second kappa shape index (κ2) is 8.38. The highest BCUT2D eigenvalue weighted by Crippen LogP contribution is 2.23. The Balaban J connectivity index is 1.29. The Kier molecular flexibility index (Phi) is 5.25. The van der Waals surface area contributed by atoms with Crippen molar-refractivity contribution in [1.29, 1.82) is 0 Å². The van der Waals surface area contributed by atoms with Crippen LogP contribution in [0.2, 0.25) is 0 Å². The molecule has 168 valence electrons. The van der Waals surface area contributed by atoms with Crippen LogP contribution in [0.5, 0.6) is 0 Å². The zero-order valence-electron chi connectivity index (χ0n) is 18.3. The van der Waals surface area contributed by atoms with Gasteiger partial charge in [-0.3, -0.25) is 9.59 Å². The minimum Gasteiger partial charge on any atom is -0.431 e. The molecule has 1 aliphatic rings. The van der Waals surface area contributed by atoms with E-state index in [1.54, 1.807) is 19.3 Å². The minimum atomic E-state index is -0.205. The summed E-state index contributed by atoms with van der Waals surface area (Å²) in [4.78, 5) is 44.5. The molecule has 0 radical (unpaired) electrons. The lowest BCUT2D eigenvalue weighted by molar-refractivity contribution is 0.0958. The van der Waals surface area contributed by atoms with Gasteiger partial charge in [0.15, 0.2) is 5.82 Å². The van der Waals surface area contributed by atoms with Crippen LogP contribution < -0.4 is 20.7 Å². The average molecular weight is 445 g/mol. The maximum absolute atomic E-state index is 12.5. The predicted molar refractivity (Wildman–Crippen MR) is 125 cm³/mol. The summed E-state index contributed by atoms with van der Waals surface area (Å²) in [6.07, 6.45) is 3.23. The molecule has 1 amide bonds. The molecule has 2 N–H and O–H groups in total. The molecule has 1 saturated heterocycles. The summed E-state index contributed by atoms with van der Waals surface area (Å²) in [5, 5.41) is 3.12. The van der Waals surface area contributed by atoms with E-state index in [2.05, 4.69) is 35.1 Å². The normalized spacial score (nSPS) is 14.0. The van der Waals surface area contributed by atoms with Crippen molar-refractivity contribution in [2.75, 3.05) is 43.0 Å². The van der Waals surface area contributed by atoms with E-state index in [9.17, 15) is 9.59 Å². The third kappa shape index (κ3) is 4.02. The van der Waals surface area contributed by atoms with Gasteiger partial charge in [0, 0.05) is 33.2 Å². The fourth-order valence-corrected chi connectivity index (χ4v) is 3.88. The summed E-state index contributed by atoms with van der Waals surface area (Å²) in [6.45, 7) is 4.86. The van der Waals surface area contributed by atoms with Crippen LogP contribution in [0.15, 0.2) is 52.0 Å². The summed E-state index contributed by atoms with van der Waals surface area (Å²) in [7, 11) is 1.58. The van der Waals surface area contributed by atoms with E-state index in [0.29, 0.717) is 47.2 Å². The number of aryl methyl sites for hydroxylation is 1. The predicted octanol–water partition coefficient (Wildman–Crippen LogP) is 1.97. The lowest BCUT2D eigenvalue weighted by Crippen LogP contribution is -2.46.